The number of hydrogen-bond acceptors (Lipinski definition) is 4. The number of halogens is 2. The molecule has 2 aromatic rings. The van der Waals surface area contributed by atoms with Crippen LogP contribution in [-0.2, 0) is 6.54 Å². The van der Waals surface area contributed by atoms with E-state index in [1.165, 1.54) is 16.8 Å². The summed E-state index contributed by atoms with van der Waals surface area (Å²) in [6.07, 6.45) is 1.70. The molecule has 2 rings (SSSR count). The summed E-state index contributed by atoms with van der Waals surface area (Å²) >= 11 is 3.36. The van der Waals surface area contributed by atoms with Crippen LogP contribution in [-0.4, -0.2) is 19.9 Å². The summed E-state index contributed by atoms with van der Waals surface area (Å²) in [5.41, 5.74) is 0.931. The van der Waals surface area contributed by atoms with Gasteiger partial charge < -0.3 is 0 Å². The summed E-state index contributed by atoms with van der Waals surface area (Å²) in [4.78, 5) is 10.1. The third-order valence-corrected chi connectivity index (χ3v) is 2.93. The molecule has 0 bridgehead atoms. The Hall–Kier alpha value is -1.83. The van der Waals surface area contributed by atoms with Crippen molar-refractivity contribution in [1.82, 2.24) is 15.0 Å². The summed E-state index contributed by atoms with van der Waals surface area (Å²) in [5.74, 6) is -0.640. The quantitative estimate of drug-likeness (QED) is 0.491. The SMILES string of the molecule is CC(Br)c1cn(Cc2cc(F)cc([N+](=O)[O-])c2)nn1. The van der Waals surface area contributed by atoms with Gasteiger partial charge in [-0.2, -0.15) is 0 Å². The maximum Gasteiger partial charge on any atom is 0.272 e. The lowest BCUT2D eigenvalue weighted by Gasteiger charge is -2.01. The summed E-state index contributed by atoms with van der Waals surface area (Å²) in [7, 11) is 0. The van der Waals surface area contributed by atoms with Gasteiger partial charge in [-0.1, -0.05) is 21.1 Å². The monoisotopic (exact) mass is 328 g/mol. The lowest BCUT2D eigenvalue weighted by molar-refractivity contribution is -0.385. The molecule has 1 unspecified atom stereocenters. The minimum atomic E-state index is -0.640. The smallest absolute Gasteiger partial charge is 0.258 e. The van der Waals surface area contributed by atoms with E-state index >= 15 is 0 Å². The fourth-order valence-electron chi connectivity index (χ4n) is 1.59. The number of nitro groups is 1. The van der Waals surface area contributed by atoms with Crippen LogP contribution in [0.4, 0.5) is 10.1 Å². The fourth-order valence-corrected chi connectivity index (χ4v) is 1.80. The van der Waals surface area contributed by atoms with Crippen LogP contribution in [0.15, 0.2) is 24.4 Å². The Morgan fingerprint density at radius 2 is 2.26 bits per heavy atom. The topological polar surface area (TPSA) is 73.8 Å². The van der Waals surface area contributed by atoms with E-state index in [-0.39, 0.29) is 17.1 Å². The first kappa shape index (κ1) is 13.6. The molecule has 8 heteroatoms. The number of hydrogen-bond donors (Lipinski definition) is 0. The predicted molar refractivity (Wildman–Crippen MR) is 69.5 cm³/mol. The Balaban J connectivity index is 2.24. The van der Waals surface area contributed by atoms with Crippen molar-refractivity contribution in [2.45, 2.75) is 18.3 Å². The lowest BCUT2D eigenvalue weighted by atomic mass is 10.2. The zero-order chi connectivity index (χ0) is 14.0. The average molecular weight is 329 g/mol. The first-order valence-corrected chi connectivity index (χ1v) is 6.35. The van der Waals surface area contributed by atoms with Crippen LogP contribution in [0.3, 0.4) is 0 Å². The highest BCUT2D eigenvalue weighted by Gasteiger charge is 2.11. The lowest BCUT2D eigenvalue weighted by Crippen LogP contribution is -2.02. The van der Waals surface area contributed by atoms with Gasteiger partial charge >= 0.3 is 0 Å². The maximum absolute atomic E-state index is 13.3. The Morgan fingerprint density at radius 1 is 1.53 bits per heavy atom. The second-order valence-corrected chi connectivity index (χ2v) is 5.41. The van der Waals surface area contributed by atoms with Crippen LogP contribution in [0.25, 0.3) is 0 Å². The van der Waals surface area contributed by atoms with Gasteiger partial charge in [-0.3, -0.25) is 10.1 Å². The highest BCUT2D eigenvalue weighted by atomic mass is 79.9. The van der Waals surface area contributed by atoms with E-state index < -0.39 is 10.7 Å². The number of alkyl halides is 1. The Morgan fingerprint density at radius 3 is 2.84 bits per heavy atom. The summed E-state index contributed by atoms with van der Waals surface area (Å²) in [6, 6.07) is 3.45. The van der Waals surface area contributed by atoms with E-state index in [0.717, 1.165) is 11.8 Å². The van der Waals surface area contributed by atoms with Crippen LogP contribution in [0, 0.1) is 15.9 Å². The molecule has 100 valence electrons. The van der Waals surface area contributed by atoms with Gasteiger partial charge in [0.15, 0.2) is 0 Å². The molecule has 0 aliphatic heterocycles. The van der Waals surface area contributed by atoms with Crippen LogP contribution in [0.2, 0.25) is 0 Å². The molecule has 6 nitrogen and oxygen atoms in total. The number of benzene rings is 1. The zero-order valence-electron chi connectivity index (χ0n) is 9.96. The van der Waals surface area contributed by atoms with Crippen molar-refractivity contribution in [1.29, 1.82) is 0 Å². The molecule has 1 atom stereocenters. The van der Waals surface area contributed by atoms with E-state index in [9.17, 15) is 14.5 Å². The largest absolute Gasteiger partial charge is 0.272 e. The Bertz CT molecular complexity index is 614. The van der Waals surface area contributed by atoms with Crippen LogP contribution in [0.5, 0.6) is 0 Å². The number of nitro benzene ring substituents is 1. The van der Waals surface area contributed by atoms with Gasteiger partial charge in [-0.05, 0) is 18.6 Å². The molecule has 0 fully saturated rings. The molecule has 0 saturated heterocycles. The molecule has 0 amide bonds. The molecule has 0 saturated carbocycles. The van der Waals surface area contributed by atoms with E-state index in [2.05, 4.69) is 26.2 Å². The van der Waals surface area contributed by atoms with Crippen molar-refractivity contribution >= 4 is 21.6 Å². The highest BCUT2D eigenvalue weighted by molar-refractivity contribution is 9.09. The third-order valence-electron chi connectivity index (χ3n) is 2.46. The van der Waals surface area contributed by atoms with Gasteiger partial charge in [0, 0.05) is 12.3 Å². The minimum Gasteiger partial charge on any atom is -0.258 e. The standard InChI is InChI=1S/C11H10BrFN4O2/c1-7(12)11-6-16(15-14-11)5-8-2-9(13)4-10(3-8)17(18)19/h2-4,6-7H,5H2,1H3. The first-order chi connectivity index (χ1) is 8.95. The van der Waals surface area contributed by atoms with Crippen molar-refractivity contribution in [3.05, 3.63) is 51.6 Å². The van der Waals surface area contributed by atoms with Gasteiger partial charge in [0.05, 0.1) is 28.1 Å². The fraction of sp³-hybridized carbons (Fsp3) is 0.273. The van der Waals surface area contributed by atoms with Crippen LogP contribution >= 0.6 is 15.9 Å². The second-order valence-electron chi connectivity index (χ2n) is 4.03. The molecule has 0 N–H and O–H groups in total. The van der Waals surface area contributed by atoms with E-state index in [4.69, 9.17) is 0 Å². The molecule has 0 radical (unpaired) electrons. The Labute approximate surface area is 116 Å². The summed E-state index contributed by atoms with van der Waals surface area (Å²) < 4.78 is 14.8. The average Bonchev–Trinajstić information content (AvgIpc) is 2.76. The van der Waals surface area contributed by atoms with Crippen molar-refractivity contribution in [3.63, 3.8) is 0 Å². The summed E-state index contributed by atoms with van der Waals surface area (Å²) in [5, 5.41) is 18.5. The van der Waals surface area contributed by atoms with Crippen molar-refractivity contribution in [3.8, 4) is 0 Å². The van der Waals surface area contributed by atoms with Crippen LogP contribution in [0.1, 0.15) is 23.0 Å². The van der Waals surface area contributed by atoms with Crippen molar-refractivity contribution in [2.75, 3.05) is 0 Å². The number of aromatic nitrogens is 3. The van der Waals surface area contributed by atoms with E-state index in [1.807, 2.05) is 6.92 Å². The zero-order valence-corrected chi connectivity index (χ0v) is 11.5. The minimum absolute atomic E-state index is 0.0584. The second kappa shape index (κ2) is 5.43. The summed E-state index contributed by atoms with van der Waals surface area (Å²) in [6.45, 7) is 2.13. The van der Waals surface area contributed by atoms with Gasteiger partial charge in [-0.25, -0.2) is 9.07 Å². The van der Waals surface area contributed by atoms with Gasteiger partial charge in [0.1, 0.15) is 5.82 Å². The molecule has 19 heavy (non-hydrogen) atoms. The maximum atomic E-state index is 13.3. The highest BCUT2D eigenvalue weighted by Crippen LogP contribution is 2.20. The van der Waals surface area contributed by atoms with Crippen molar-refractivity contribution in [2.24, 2.45) is 0 Å². The number of non-ortho nitro benzene ring substituents is 1. The predicted octanol–water partition coefficient (Wildman–Crippen LogP) is 2.83. The molecule has 0 aliphatic carbocycles. The first-order valence-electron chi connectivity index (χ1n) is 5.43. The van der Waals surface area contributed by atoms with Gasteiger partial charge in [0.2, 0.25) is 0 Å². The molecule has 0 aliphatic rings. The van der Waals surface area contributed by atoms with Crippen LogP contribution < -0.4 is 0 Å². The van der Waals surface area contributed by atoms with E-state index in [1.54, 1.807) is 6.20 Å². The molecule has 1 heterocycles. The molecule has 0 spiro atoms. The molecule has 1 aromatic carbocycles. The normalized spacial score (nSPS) is 12.4. The molecular formula is C11H10BrFN4O2. The number of rotatable bonds is 4. The third kappa shape index (κ3) is 3.34. The van der Waals surface area contributed by atoms with Crippen molar-refractivity contribution < 1.29 is 9.31 Å². The van der Waals surface area contributed by atoms with E-state index in [0.29, 0.717) is 5.56 Å². The molecule has 1 aromatic heterocycles. The Kier molecular flexibility index (Phi) is 3.89. The molecular weight excluding hydrogens is 319 g/mol. The van der Waals surface area contributed by atoms with Gasteiger partial charge in [-0.15, -0.1) is 5.10 Å². The number of nitrogens with zero attached hydrogens (tertiary/aromatic N) is 4. The van der Waals surface area contributed by atoms with Gasteiger partial charge in [0.25, 0.3) is 5.69 Å².